The summed E-state index contributed by atoms with van der Waals surface area (Å²) in [6.07, 6.45) is 3.78. The Morgan fingerprint density at radius 3 is 2.42 bits per heavy atom. The summed E-state index contributed by atoms with van der Waals surface area (Å²) in [4.78, 5) is 21.1. The van der Waals surface area contributed by atoms with Crippen molar-refractivity contribution in [2.75, 3.05) is 36.4 Å². The van der Waals surface area contributed by atoms with Gasteiger partial charge in [-0.2, -0.15) is 0 Å². The van der Waals surface area contributed by atoms with E-state index in [1.54, 1.807) is 6.20 Å². The number of rotatable bonds is 5. The second kappa shape index (κ2) is 7.64. The van der Waals surface area contributed by atoms with Gasteiger partial charge < -0.3 is 10.2 Å². The van der Waals surface area contributed by atoms with Crippen LogP contribution in [0.3, 0.4) is 0 Å². The maximum atomic E-state index is 11.8. The first kappa shape index (κ1) is 17.3. The van der Waals surface area contributed by atoms with Crippen molar-refractivity contribution in [2.24, 2.45) is 5.92 Å². The summed E-state index contributed by atoms with van der Waals surface area (Å²) in [6, 6.07) is 12.0. The Bertz CT molecular complexity index is 750. The third-order valence-electron chi connectivity index (χ3n) is 4.98. The zero-order valence-electron chi connectivity index (χ0n) is 14.7. The Labute approximate surface area is 159 Å². The van der Waals surface area contributed by atoms with Crippen molar-refractivity contribution in [3.8, 4) is 0 Å². The summed E-state index contributed by atoms with van der Waals surface area (Å²) >= 11 is 5.95. The van der Waals surface area contributed by atoms with E-state index >= 15 is 0 Å². The van der Waals surface area contributed by atoms with Gasteiger partial charge in [0, 0.05) is 43.7 Å². The minimum Gasteiger partial charge on any atom is -0.354 e. The molecule has 1 aromatic heterocycles. The van der Waals surface area contributed by atoms with Gasteiger partial charge >= 0.3 is 0 Å². The molecule has 1 aliphatic carbocycles. The van der Waals surface area contributed by atoms with Crippen LogP contribution in [-0.2, 0) is 11.3 Å². The molecule has 2 fully saturated rings. The van der Waals surface area contributed by atoms with Gasteiger partial charge in [0.15, 0.2) is 0 Å². The highest BCUT2D eigenvalue weighted by atomic mass is 35.5. The van der Waals surface area contributed by atoms with E-state index in [9.17, 15) is 4.79 Å². The number of hydrogen-bond donors (Lipinski definition) is 1. The summed E-state index contributed by atoms with van der Waals surface area (Å²) in [5.41, 5.74) is 2.07. The third kappa shape index (κ3) is 4.34. The molecule has 2 heterocycles. The molecule has 1 aromatic carbocycles. The van der Waals surface area contributed by atoms with Crippen LogP contribution in [0.15, 0.2) is 42.6 Å². The minimum atomic E-state index is 0.121. The van der Waals surface area contributed by atoms with Crippen molar-refractivity contribution in [2.45, 2.75) is 19.4 Å². The Morgan fingerprint density at radius 1 is 1.08 bits per heavy atom. The lowest BCUT2D eigenvalue weighted by atomic mass is 10.2. The monoisotopic (exact) mass is 370 g/mol. The maximum absolute atomic E-state index is 11.8. The normalized spacial score (nSPS) is 18.0. The molecule has 0 bridgehead atoms. The van der Waals surface area contributed by atoms with Crippen molar-refractivity contribution < 1.29 is 4.79 Å². The predicted molar refractivity (Wildman–Crippen MR) is 105 cm³/mol. The number of benzene rings is 1. The van der Waals surface area contributed by atoms with E-state index in [-0.39, 0.29) is 11.8 Å². The molecule has 5 nitrogen and oxygen atoms in total. The summed E-state index contributed by atoms with van der Waals surface area (Å²) < 4.78 is 0. The molecular formula is C20H23ClN4O. The number of piperazine rings is 1. The topological polar surface area (TPSA) is 48.5 Å². The number of carbonyl (C=O) groups excluding carboxylic acids is 1. The van der Waals surface area contributed by atoms with E-state index in [1.165, 1.54) is 5.56 Å². The van der Waals surface area contributed by atoms with E-state index in [1.807, 2.05) is 24.3 Å². The molecule has 26 heavy (non-hydrogen) atoms. The van der Waals surface area contributed by atoms with Gasteiger partial charge in [0.1, 0.15) is 5.82 Å². The lowest BCUT2D eigenvalue weighted by Gasteiger charge is -2.35. The molecule has 1 aliphatic heterocycles. The fraction of sp³-hybridized carbons (Fsp3) is 0.400. The largest absolute Gasteiger partial charge is 0.354 e. The quantitative estimate of drug-likeness (QED) is 0.876. The van der Waals surface area contributed by atoms with Crippen LogP contribution in [0.25, 0.3) is 0 Å². The first-order valence-electron chi connectivity index (χ1n) is 9.16. The zero-order valence-corrected chi connectivity index (χ0v) is 15.5. The molecule has 1 amide bonds. The minimum absolute atomic E-state index is 0.121. The standard InChI is InChI=1S/C20H23ClN4O/c21-17-5-1-15(2-6-17)14-24-9-11-25(12-10-24)19-8-7-18(13-22-19)23-20(26)16-3-4-16/h1-2,5-8,13,16H,3-4,9-12,14H2,(H,23,26). The number of nitrogens with one attached hydrogen (secondary N) is 1. The first-order chi connectivity index (χ1) is 12.7. The molecule has 136 valence electrons. The van der Waals surface area contributed by atoms with Gasteiger partial charge in [-0.25, -0.2) is 4.98 Å². The number of hydrogen-bond acceptors (Lipinski definition) is 4. The molecule has 1 saturated heterocycles. The highest BCUT2D eigenvalue weighted by molar-refractivity contribution is 6.30. The van der Waals surface area contributed by atoms with Crippen LogP contribution in [0.5, 0.6) is 0 Å². The number of anilines is 2. The van der Waals surface area contributed by atoms with Crippen LogP contribution < -0.4 is 10.2 Å². The Kier molecular flexibility index (Phi) is 5.09. The molecule has 6 heteroatoms. The molecule has 0 radical (unpaired) electrons. The first-order valence-corrected chi connectivity index (χ1v) is 9.54. The Morgan fingerprint density at radius 2 is 1.81 bits per heavy atom. The highest BCUT2D eigenvalue weighted by Gasteiger charge is 2.29. The van der Waals surface area contributed by atoms with Gasteiger partial charge in [-0.1, -0.05) is 23.7 Å². The number of halogens is 1. The predicted octanol–water partition coefficient (Wildman–Crippen LogP) is 3.41. The lowest BCUT2D eigenvalue weighted by molar-refractivity contribution is -0.117. The zero-order chi connectivity index (χ0) is 17.9. The van der Waals surface area contributed by atoms with Gasteiger partial charge in [-0.05, 0) is 42.7 Å². The van der Waals surface area contributed by atoms with Gasteiger partial charge in [0.2, 0.25) is 5.91 Å². The third-order valence-corrected chi connectivity index (χ3v) is 5.23. The van der Waals surface area contributed by atoms with Crippen molar-refractivity contribution in [3.63, 3.8) is 0 Å². The maximum Gasteiger partial charge on any atom is 0.227 e. The number of carbonyl (C=O) groups is 1. The van der Waals surface area contributed by atoms with Crippen LogP contribution in [0.4, 0.5) is 11.5 Å². The van der Waals surface area contributed by atoms with Crippen LogP contribution in [-0.4, -0.2) is 42.0 Å². The van der Waals surface area contributed by atoms with E-state index in [0.29, 0.717) is 0 Å². The smallest absolute Gasteiger partial charge is 0.227 e. The van der Waals surface area contributed by atoms with Crippen molar-refractivity contribution in [3.05, 3.63) is 53.2 Å². The highest BCUT2D eigenvalue weighted by Crippen LogP contribution is 2.30. The molecule has 1 N–H and O–H groups in total. The number of amides is 1. The van der Waals surface area contributed by atoms with Crippen molar-refractivity contribution in [1.82, 2.24) is 9.88 Å². The fourth-order valence-corrected chi connectivity index (χ4v) is 3.35. The average Bonchev–Trinajstić information content (AvgIpc) is 3.50. The van der Waals surface area contributed by atoms with Gasteiger partial charge in [0.25, 0.3) is 0 Å². The van der Waals surface area contributed by atoms with Gasteiger partial charge in [-0.3, -0.25) is 9.69 Å². The summed E-state index contributed by atoms with van der Waals surface area (Å²) in [6.45, 7) is 4.86. The SMILES string of the molecule is O=C(Nc1ccc(N2CCN(Cc3ccc(Cl)cc3)CC2)nc1)C1CC1. The molecule has 0 spiro atoms. The Hall–Kier alpha value is -2.11. The van der Waals surface area contributed by atoms with Crippen LogP contribution in [0.1, 0.15) is 18.4 Å². The second-order valence-electron chi connectivity index (χ2n) is 7.06. The fourth-order valence-electron chi connectivity index (χ4n) is 3.22. The number of nitrogens with zero attached hydrogens (tertiary/aromatic N) is 3. The summed E-state index contributed by atoms with van der Waals surface area (Å²) in [5, 5.41) is 3.71. The molecule has 4 rings (SSSR count). The molecule has 0 unspecified atom stereocenters. The van der Waals surface area contributed by atoms with Crippen molar-refractivity contribution in [1.29, 1.82) is 0 Å². The lowest BCUT2D eigenvalue weighted by Crippen LogP contribution is -2.46. The van der Waals surface area contributed by atoms with Crippen LogP contribution in [0.2, 0.25) is 5.02 Å². The van der Waals surface area contributed by atoms with Gasteiger partial charge in [0.05, 0.1) is 11.9 Å². The molecule has 2 aliphatic rings. The Balaban J connectivity index is 1.28. The molecule has 1 saturated carbocycles. The van der Waals surface area contributed by atoms with Crippen LogP contribution in [0, 0.1) is 5.92 Å². The second-order valence-corrected chi connectivity index (χ2v) is 7.49. The van der Waals surface area contributed by atoms with E-state index < -0.39 is 0 Å². The number of aromatic nitrogens is 1. The molecule has 0 atom stereocenters. The van der Waals surface area contributed by atoms with E-state index in [2.05, 4.69) is 32.2 Å². The molecular weight excluding hydrogens is 348 g/mol. The van der Waals surface area contributed by atoms with E-state index in [0.717, 1.165) is 62.1 Å². The average molecular weight is 371 g/mol. The summed E-state index contributed by atoms with van der Waals surface area (Å²) in [7, 11) is 0. The number of pyridine rings is 1. The summed E-state index contributed by atoms with van der Waals surface area (Å²) in [5.74, 6) is 1.30. The van der Waals surface area contributed by atoms with Crippen LogP contribution >= 0.6 is 11.6 Å². The van der Waals surface area contributed by atoms with Crippen molar-refractivity contribution >= 4 is 29.0 Å². The molecule has 2 aromatic rings. The van der Waals surface area contributed by atoms with Gasteiger partial charge in [-0.15, -0.1) is 0 Å². The van der Waals surface area contributed by atoms with E-state index in [4.69, 9.17) is 11.6 Å².